The summed E-state index contributed by atoms with van der Waals surface area (Å²) in [5, 5.41) is 3.18. The lowest BCUT2D eigenvalue weighted by Gasteiger charge is -2.15. The number of aromatic nitrogens is 4. The van der Waals surface area contributed by atoms with Crippen molar-refractivity contribution in [2.45, 2.75) is 52.9 Å². The Morgan fingerprint density at radius 1 is 0.164 bits per heavy atom. The Balaban J connectivity index is 0.841. The van der Waals surface area contributed by atoms with E-state index in [2.05, 4.69) is 34.2 Å². The SMILES string of the molecule is c1ccc(COCCOc2cc3c(cc2OCCOCc2ccccc2)-c2cc4[nH]c(cc5nc(cc6[nH]c(cc-3n2)c2cc(OCCOCc3ccccc3)c(OCCOCc3ccccc3)cc62)-c2cc(OCCOCc3ccccc3)c(OCCOCc3ccccc3)cc2-5)c2cc(OCCOCc3ccccc3)c(OCCOCc3ccccc3)cc42)cc1. The Kier molecular flexibility index (Phi) is 30.4. The smallest absolute Gasteiger partial charge is 0.162 e. The van der Waals surface area contributed by atoms with Crippen molar-refractivity contribution in [1.29, 1.82) is 0 Å². The van der Waals surface area contributed by atoms with Crippen molar-refractivity contribution in [3.8, 4) is 91.0 Å². The quantitative estimate of drug-likeness (QED) is 0.0340. The van der Waals surface area contributed by atoms with E-state index in [1.807, 2.05) is 291 Å². The Morgan fingerprint density at radius 3 is 0.469 bits per heavy atom. The number of hydrogen-bond acceptors (Lipinski definition) is 18. The first kappa shape index (κ1) is 86.5. The van der Waals surface area contributed by atoms with Gasteiger partial charge >= 0.3 is 0 Å². The van der Waals surface area contributed by atoms with E-state index in [9.17, 15) is 0 Å². The number of benzene rings is 12. The van der Waals surface area contributed by atoms with Crippen molar-refractivity contribution in [1.82, 2.24) is 19.9 Å². The Morgan fingerprint density at radius 2 is 0.312 bits per heavy atom. The maximum Gasteiger partial charge on any atom is 0.162 e. The van der Waals surface area contributed by atoms with E-state index in [-0.39, 0.29) is 52.9 Å². The number of hydrogen-bond donors (Lipinski definition) is 2. The summed E-state index contributed by atoms with van der Waals surface area (Å²) in [6.45, 7) is 7.33. The highest BCUT2D eigenvalue weighted by atomic mass is 16.6. The molecule has 0 aliphatic carbocycles. The van der Waals surface area contributed by atoms with Crippen LogP contribution in [0.15, 0.2) is 315 Å². The van der Waals surface area contributed by atoms with Crippen LogP contribution >= 0.6 is 0 Å². The standard InChI is InChI=1S/C108H102N4O16/c1-9-25-77(26-10-1)69-113-41-49-121-101-57-85-86(58-102(101)122-50-42-114-70-78-27-11-2-12-28-78)94-66-96-89-61-105(125-53-45-117-73-81-33-17-5-18-34-81)106(126-54-46-118-74-82-35-19-6-20-36-82)62-90(89)98(111-96)68-100-92-64-108(128-56-48-120-76-84-39-23-8-24-40-84)107(127-55-47-119-75-83-37-21-7-22-38-83)63-91(92)99(112-100)67-97-88-60-104(124-52-44-116-72-80-31-15-4-16-32-80)103(59-87(88)95(110-97)65-93(85)109-94)123-51-43-115-71-79-29-13-3-14-30-79/h1-40,57-68,109,112H,41-56,69-76H2. The minimum absolute atomic E-state index is 0.209. The molecule has 20 nitrogen and oxygen atoms in total. The van der Waals surface area contributed by atoms with Gasteiger partial charge in [0.25, 0.3) is 0 Å². The first-order valence-corrected chi connectivity index (χ1v) is 43.5. The molecule has 650 valence electrons. The van der Waals surface area contributed by atoms with Crippen molar-refractivity contribution in [2.24, 2.45) is 0 Å². The molecule has 2 aliphatic heterocycles. The summed E-state index contributed by atoms with van der Waals surface area (Å²) in [7, 11) is 0. The van der Waals surface area contributed by atoms with Gasteiger partial charge in [0.2, 0.25) is 0 Å². The van der Waals surface area contributed by atoms with E-state index in [0.717, 1.165) is 88.3 Å². The monoisotopic (exact) mass is 1710 g/mol. The molecule has 8 bridgehead atoms. The van der Waals surface area contributed by atoms with Gasteiger partial charge in [-0.15, -0.1) is 0 Å². The molecule has 2 N–H and O–H groups in total. The van der Waals surface area contributed by atoms with Gasteiger partial charge in [0.15, 0.2) is 46.0 Å². The first-order valence-electron chi connectivity index (χ1n) is 43.5. The molecular formula is C108H102N4O16. The number of ether oxygens (including phenoxy) is 16. The molecule has 0 atom stereocenters. The summed E-state index contributed by atoms with van der Waals surface area (Å²) in [6.07, 6.45) is 0. The highest BCUT2D eigenvalue weighted by Gasteiger charge is 2.27. The van der Waals surface area contributed by atoms with Gasteiger partial charge in [0.1, 0.15) is 52.9 Å². The van der Waals surface area contributed by atoms with E-state index in [4.69, 9.17) is 85.8 Å². The fourth-order valence-electron chi connectivity index (χ4n) is 15.2. The molecule has 3 aromatic heterocycles. The molecule has 2 aliphatic rings. The second-order valence-corrected chi connectivity index (χ2v) is 30.7. The molecule has 0 saturated carbocycles. The predicted octanol–water partition coefficient (Wildman–Crippen LogP) is 22.1. The van der Waals surface area contributed by atoms with Gasteiger partial charge in [-0.3, -0.25) is 0 Å². The summed E-state index contributed by atoms with van der Waals surface area (Å²) in [4.78, 5) is 19.3. The van der Waals surface area contributed by atoms with Gasteiger partial charge in [0.05, 0.1) is 128 Å². The van der Waals surface area contributed by atoms with Crippen LogP contribution in [-0.4, -0.2) is 126 Å². The van der Waals surface area contributed by atoms with Crippen LogP contribution < -0.4 is 37.9 Å². The minimum atomic E-state index is 0.209. The average molecular weight is 1710 g/mol. The topological polar surface area (TPSA) is 205 Å². The molecule has 0 fully saturated rings. The van der Waals surface area contributed by atoms with Crippen LogP contribution in [0, 0.1) is 0 Å². The largest absolute Gasteiger partial charge is 0.487 e. The van der Waals surface area contributed by atoms with Crippen LogP contribution in [0.1, 0.15) is 44.5 Å². The molecule has 0 radical (unpaired) electrons. The molecule has 0 saturated heterocycles. The molecule has 5 heterocycles. The molecule has 0 amide bonds. The van der Waals surface area contributed by atoms with Gasteiger partial charge in [-0.05, 0) is 117 Å². The van der Waals surface area contributed by atoms with E-state index in [1.54, 1.807) is 0 Å². The maximum absolute atomic E-state index is 6.83. The molecule has 20 heteroatoms. The molecular weight excluding hydrogens is 1610 g/mol. The number of nitrogens with one attached hydrogen (secondary N) is 2. The van der Waals surface area contributed by atoms with Crippen molar-refractivity contribution >= 4 is 43.6 Å². The predicted molar refractivity (Wildman–Crippen MR) is 498 cm³/mol. The lowest BCUT2D eigenvalue weighted by Crippen LogP contribution is -2.10. The fourth-order valence-corrected chi connectivity index (χ4v) is 15.2. The second kappa shape index (κ2) is 45.0. The Bertz CT molecular complexity index is 5490. The second-order valence-electron chi connectivity index (χ2n) is 30.7. The number of H-pyrrole nitrogens is 2. The zero-order chi connectivity index (χ0) is 86.4. The highest BCUT2D eigenvalue weighted by molar-refractivity contribution is 6.12. The summed E-state index contributed by atoms with van der Waals surface area (Å²) in [6, 6.07) is 105. The molecule has 12 aromatic carbocycles. The summed E-state index contributed by atoms with van der Waals surface area (Å²) in [5.74, 6) is 3.92. The van der Waals surface area contributed by atoms with Crippen LogP contribution in [0.25, 0.3) is 88.6 Å². The third kappa shape index (κ3) is 23.7. The van der Waals surface area contributed by atoms with Crippen LogP contribution in [0.4, 0.5) is 0 Å². The normalized spacial score (nSPS) is 11.5. The molecule has 0 spiro atoms. The fraction of sp³-hybridized carbons (Fsp3) is 0.222. The van der Waals surface area contributed by atoms with Gasteiger partial charge in [0, 0.05) is 65.9 Å². The molecule has 15 aromatic rings. The van der Waals surface area contributed by atoms with Crippen molar-refractivity contribution < 1.29 is 75.8 Å². The first-order chi connectivity index (χ1) is 63.5. The average Bonchev–Trinajstić information content (AvgIpc) is 1.59. The molecule has 17 rings (SSSR count). The van der Waals surface area contributed by atoms with Crippen LogP contribution in [0.5, 0.6) is 46.0 Å². The zero-order valence-corrected chi connectivity index (χ0v) is 71.4. The highest BCUT2D eigenvalue weighted by Crippen LogP contribution is 2.49. The van der Waals surface area contributed by atoms with Gasteiger partial charge in [-0.1, -0.05) is 243 Å². The van der Waals surface area contributed by atoms with Gasteiger partial charge < -0.3 is 85.8 Å². The van der Waals surface area contributed by atoms with Crippen molar-refractivity contribution in [2.75, 3.05) is 106 Å². The lowest BCUT2D eigenvalue weighted by molar-refractivity contribution is 0.0806. The van der Waals surface area contributed by atoms with E-state index < -0.39 is 0 Å². The number of aromatic amines is 2. The van der Waals surface area contributed by atoms with E-state index >= 15 is 0 Å². The summed E-state index contributed by atoms with van der Waals surface area (Å²) in [5.41, 5.74) is 16.8. The van der Waals surface area contributed by atoms with Crippen molar-refractivity contribution in [3.05, 3.63) is 360 Å². The third-order valence-corrected chi connectivity index (χ3v) is 21.5. The van der Waals surface area contributed by atoms with Gasteiger partial charge in [-0.25, -0.2) is 9.97 Å². The number of nitrogens with zero attached hydrogens (tertiary/aromatic N) is 2. The molecule has 128 heavy (non-hydrogen) atoms. The molecule has 0 unspecified atom stereocenters. The lowest BCUT2D eigenvalue weighted by atomic mass is 10.0. The number of rotatable bonds is 48. The van der Waals surface area contributed by atoms with Crippen molar-refractivity contribution in [3.63, 3.8) is 0 Å². The van der Waals surface area contributed by atoms with Crippen LogP contribution in [0.3, 0.4) is 0 Å². The van der Waals surface area contributed by atoms with E-state index in [0.29, 0.717) is 197 Å². The Labute approximate surface area is 744 Å². The third-order valence-electron chi connectivity index (χ3n) is 21.5. The minimum Gasteiger partial charge on any atom is -0.487 e. The van der Waals surface area contributed by atoms with Gasteiger partial charge in [-0.2, -0.15) is 0 Å². The summed E-state index contributed by atoms with van der Waals surface area (Å²) < 4.78 is 105. The Hall–Kier alpha value is -13.6. The van der Waals surface area contributed by atoms with E-state index in [1.165, 1.54) is 0 Å². The number of fused-ring (bicyclic) bond motifs is 20. The zero-order valence-electron chi connectivity index (χ0n) is 71.4. The maximum atomic E-state index is 6.83. The van der Waals surface area contributed by atoms with Crippen LogP contribution in [-0.2, 0) is 90.7 Å². The van der Waals surface area contributed by atoms with Crippen LogP contribution in [0.2, 0.25) is 0 Å². The summed E-state index contributed by atoms with van der Waals surface area (Å²) >= 11 is 0.